The number of ether oxygens (including phenoxy) is 1. The van der Waals surface area contributed by atoms with Crippen LogP contribution >= 0.6 is 11.6 Å². The number of rotatable bonds is 3. The van der Waals surface area contributed by atoms with Crippen LogP contribution in [0.5, 0.6) is 0 Å². The van der Waals surface area contributed by atoms with Crippen LogP contribution in [0.3, 0.4) is 0 Å². The number of nitrogens with zero attached hydrogens (tertiary/aromatic N) is 2. The zero-order valence-electron chi connectivity index (χ0n) is 14.5. The summed E-state index contributed by atoms with van der Waals surface area (Å²) < 4.78 is 5.53. The summed E-state index contributed by atoms with van der Waals surface area (Å²) in [5, 5.41) is 6.11. The molecule has 2 aliphatic heterocycles. The lowest BCUT2D eigenvalue weighted by atomic mass is 9.95. The van der Waals surface area contributed by atoms with Crippen molar-refractivity contribution in [1.29, 1.82) is 0 Å². The average Bonchev–Trinajstić information content (AvgIpc) is 3.02. The zero-order valence-corrected chi connectivity index (χ0v) is 15.2. The number of likely N-dealkylation sites (tertiary alicyclic amines) is 1. The van der Waals surface area contributed by atoms with Gasteiger partial charge in [0.25, 0.3) is 0 Å². The Balaban J connectivity index is 1.72. The Bertz CT molecular complexity index is 684. The molecule has 0 spiro atoms. The van der Waals surface area contributed by atoms with Gasteiger partial charge in [0.05, 0.1) is 22.9 Å². The van der Waals surface area contributed by atoms with Gasteiger partial charge < -0.3 is 20.3 Å². The topological polar surface area (TPSA) is 73.9 Å². The van der Waals surface area contributed by atoms with Gasteiger partial charge >= 0.3 is 12.1 Å². The van der Waals surface area contributed by atoms with Gasteiger partial charge in [-0.2, -0.15) is 0 Å². The standard InChI is InChI=1S/C17H23ClN4O3/c1-17(25-2)6-3-8-21(11-17)16(24)20-12-4-5-13(18)14(10-12)22-9-7-19-15(22)23/h4-5,10H,3,6-9,11H2,1-2H3,(H,19,23)(H,20,24). The summed E-state index contributed by atoms with van der Waals surface area (Å²) in [6, 6.07) is 4.79. The highest BCUT2D eigenvalue weighted by molar-refractivity contribution is 6.34. The number of piperidine rings is 1. The van der Waals surface area contributed by atoms with Crippen LogP contribution in [0, 0.1) is 0 Å². The Morgan fingerprint density at radius 1 is 1.40 bits per heavy atom. The third-order valence-corrected chi connectivity index (χ3v) is 5.10. The first-order chi connectivity index (χ1) is 11.9. The van der Waals surface area contributed by atoms with Crippen LogP contribution in [0.25, 0.3) is 0 Å². The van der Waals surface area contributed by atoms with Crippen molar-refractivity contribution in [2.24, 2.45) is 0 Å². The van der Waals surface area contributed by atoms with Crippen molar-refractivity contribution in [1.82, 2.24) is 10.2 Å². The number of halogens is 1. The van der Waals surface area contributed by atoms with E-state index in [0.29, 0.717) is 42.6 Å². The molecule has 1 atom stereocenters. The van der Waals surface area contributed by atoms with Gasteiger partial charge in [0.1, 0.15) is 0 Å². The highest BCUT2D eigenvalue weighted by Crippen LogP contribution is 2.31. The maximum atomic E-state index is 12.6. The van der Waals surface area contributed by atoms with Crippen LogP contribution < -0.4 is 15.5 Å². The van der Waals surface area contributed by atoms with Crippen LogP contribution in [-0.4, -0.2) is 55.9 Å². The monoisotopic (exact) mass is 366 g/mol. The number of urea groups is 2. The van der Waals surface area contributed by atoms with Gasteiger partial charge in [0.2, 0.25) is 0 Å². The molecule has 1 aromatic carbocycles. The van der Waals surface area contributed by atoms with Gasteiger partial charge in [-0.15, -0.1) is 0 Å². The molecule has 4 amide bonds. The largest absolute Gasteiger partial charge is 0.377 e. The smallest absolute Gasteiger partial charge is 0.322 e. The molecule has 1 aromatic rings. The minimum absolute atomic E-state index is 0.179. The summed E-state index contributed by atoms with van der Waals surface area (Å²) in [6.45, 7) is 4.38. The van der Waals surface area contributed by atoms with Gasteiger partial charge in [-0.1, -0.05) is 11.6 Å². The number of anilines is 2. The maximum absolute atomic E-state index is 12.6. The van der Waals surface area contributed by atoms with Crippen LogP contribution in [0.4, 0.5) is 21.0 Å². The number of methoxy groups -OCH3 is 1. The molecule has 7 nitrogen and oxygen atoms in total. The normalized spacial score (nSPS) is 23.6. The van der Waals surface area contributed by atoms with Gasteiger partial charge in [-0.05, 0) is 38.0 Å². The number of nitrogens with one attached hydrogen (secondary N) is 2. The molecule has 2 aliphatic rings. The van der Waals surface area contributed by atoms with Gasteiger partial charge in [-0.25, -0.2) is 9.59 Å². The van der Waals surface area contributed by atoms with Crippen molar-refractivity contribution in [3.8, 4) is 0 Å². The predicted octanol–water partition coefficient (Wildman–Crippen LogP) is 2.90. The van der Waals surface area contributed by atoms with Crippen molar-refractivity contribution in [2.75, 3.05) is 43.5 Å². The fourth-order valence-corrected chi connectivity index (χ4v) is 3.47. The highest BCUT2D eigenvalue weighted by Gasteiger charge is 2.33. The van der Waals surface area contributed by atoms with Gasteiger partial charge in [0, 0.05) is 32.4 Å². The lowest BCUT2D eigenvalue weighted by molar-refractivity contribution is -0.0389. The van der Waals surface area contributed by atoms with Crippen molar-refractivity contribution in [3.05, 3.63) is 23.2 Å². The molecule has 136 valence electrons. The first kappa shape index (κ1) is 17.8. The molecule has 0 aromatic heterocycles. The van der Waals surface area contributed by atoms with E-state index in [1.165, 1.54) is 0 Å². The molecule has 25 heavy (non-hydrogen) atoms. The van der Waals surface area contributed by atoms with E-state index in [4.69, 9.17) is 16.3 Å². The number of benzene rings is 1. The summed E-state index contributed by atoms with van der Waals surface area (Å²) in [5.41, 5.74) is 0.887. The first-order valence-electron chi connectivity index (χ1n) is 8.38. The first-order valence-corrected chi connectivity index (χ1v) is 8.76. The van der Waals surface area contributed by atoms with Crippen molar-refractivity contribution >= 4 is 35.0 Å². The molecule has 3 rings (SSSR count). The molecular weight excluding hydrogens is 344 g/mol. The van der Waals surface area contributed by atoms with Crippen molar-refractivity contribution < 1.29 is 14.3 Å². The van der Waals surface area contributed by atoms with Gasteiger partial charge in [-0.3, -0.25) is 4.90 Å². The van der Waals surface area contributed by atoms with E-state index in [9.17, 15) is 9.59 Å². The fourth-order valence-electron chi connectivity index (χ4n) is 3.25. The van der Waals surface area contributed by atoms with E-state index in [-0.39, 0.29) is 17.7 Å². The fraction of sp³-hybridized carbons (Fsp3) is 0.529. The summed E-state index contributed by atoms with van der Waals surface area (Å²) in [5.74, 6) is 0. The van der Waals surface area contributed by atoms with Crippen LogP contribution in [0.15, 0.2) is 18.2 Å². The summed E-state index contributed by atoms with van der Waals surface area (Å²) in [7, 11) is 1.67. The van der Waals surface area contributed by atoms with Crippen LogP contribution in [0.2, 0.25) is 5.02 Å². The molecule has 0 bridgehead atoms. The minimum atomic E-state index is -0.311. The molecule has 2 saturated heterocycles. The molecular formula is C17H23ClN4O3. The Morgan fingerprint density at radius 2 is 2.20 bits per heavy atom. The van der Waals surface area contributed by atoms with Crippen LogP contribution in [-0.2, 0) is 4.74 Å². The molecule has 0 radical (unpaired) electrons. The number of carbonyl (C=O) groups is 2. The van der Waals surface area contributed by atoms with Crippen molar-refractivity contribution in [2.45, 2.75) is 25.4 Å². The Labute approximate surface area is 152 Å². The predicted molar refractivity (Wildman–Crippen MR) is 97.4 cm³/mol. The molecule has 0 aliphatic carbocycles. The maximum Gasteiger partial charge on any atom is 0.322 e. The van der Waals surface area contributed by atoms with Crippen molar-refractivity contribution in [3.63, 3.8) is 0 Å². The summed E-state index contributed by atoms with van der Waals surface area (Å²) >= 11 is 6.22. The number of amides is 4. The van der Waals surface area contributed by atoms with E-state index in [1.54, 1.807) is 35.1 Å². The summed E-state index contributed by atoms with van der Waals surface area (Å²) in [6.07, 6.45) is 1.83. The molecule has 2 N–H and O–H groups in total. The lowest BCUT2D eigenvalue weighted by Crippen LogP contribution is -2.50. The Morgan fingerprint density at radius 3 is 2.88 bits per heavy atom. The third kappa shape index (κ3) is 3.82. The van der Waals surface area contributed by atoms with E-state index < -0.39 is 0 Å². The molecule has 1 unspecified atom stereocenters. The third-order valence-electron chi connectivity index (χ3n) is 4.78. The summed E-state index contributed by atoms with van der Waals surface area (Å²) in [4.78, 5) is 27.8. The highest BCUT2D eigenvalue weighted by atomic mass is 35.5. The van der Waals surface area contributed by atoms with E-state index in [2.05, 4.69) is 10.6 Å². The molecule has 0 saturated carbocycles. The minimum Gasteiger partial charge on any atom is -0.377 e. The average molecular weight is 367 g/mol. The molecule has 2 fully saturated rings. The molecule has 8 heteroatoms. The van der Waals surface area contributed by atoms with Crippen LogP contribution in [0.1, 0.15) is 19.8 Å². The second-order valence-electron chi connectivity index (χ2n) is 6.66. The van der Waals surface area contributed by atoms with Gasteiger partial charge in [0.15, 0.2) is 0 Å². The number of hydrogen-bond donors (Lipinski definition) is 2. The van der Waals surface area contributed by atoms with E-state index >= 15 is 0 Å². The molecule has 2 heterocycles. The number of hydrogen-bond acceptors (Lipinski definition) is 3. The van der Waals surface area contributed by atoms with E-state index in [1.807, 2.05) is 6.92 Å². The second-order valence-corrected chi connectivity index (χ2v) is 7.07. The zero-order chi connectivity index (χ0) is 18.0. The Kier molecular flexibility index (Phi) is 5.06. The Hall–Kier alpha value is -1.99. The lowest BCUT2D eigenvalue weighted by Gasteiger charge is -2.39. The quantitative estimate of drug-likeness (QED) is 0.863. The number of carbonyl (C=O) groups excluding carboxylic acids is 2. The SMILES string of the molecule is COC1(C)CCCN(C(=O)Nc2ccc(Cl)c(N3CCNC3=O)c2)C1. The van der Waals surface area contributed by atoms with E-state index in [0.717, 1.165) is 12.8 Å². The second kappa shape index (κ2) is 7.09.